The van der Waals surface area contributed by atoms with E-state index in [1.807, 2.05) is 113 Å². The van der Waals surface area contributed by atoms with Crippen LogP contribution in [0.15, 0.2) is 97.8 Å². The molecule has 0 amide bonds. The molecule has 20 nitrogen and oxygen atoms in total. The molecule has 74 heavy (non-hydrogen) atoms. The molecule has 2 aliphatic rings. The minimum atomic E-state index is -0.0111. The molecule has 384 valence electrons. The van der Waals surface area contributed by atoms with Crippen LogP contribution in [0.3, 0.4) is 0 Å². The molecular weight excluding hydrogens is 949 g/mol. The number of carbonyl (C=O) groups is 2. The van der Waals surface area contributed by atoms with Gasteiger partial charge in [0.15, 0.2) is 34.6 Å². The topological polar surface area (TPSA) is 221 Å². The molecule has 0 bridgehead atoms. The number of ketones is 2. The second kappa shape index (κ2) is 23.6. The number of methoxy groups -OCH3 is 2. The fourth-order valence-electron chi connectivity index (χ4n) is 8.13. The average molecular weight is 1010 g/mol. The third-order valence-electron chi connectivity index (χ3n) is 12.2. The van der Waals surface area contributed by atoms with Crippen molar-refractivity contribution in [3.05, 3.63) is 120 Å². The lowest BCUT2D eigenvalue weighted by molar-refractivity contribution is -0.120. The van der Waals surface area contributed by atoms with Crippen molar-refractivity contribution in [2.24, 2.45) is 0 Å². The number of Topliss-reactive ketones (excluding diaryl/α,β-unsaturated/α-hetero) is 2. The summed E-state index contributed by atoms with van der Waals surface area (Å²) in [6.45, 7) is 11.0. The molecule has 2 saturated heterocycles. The Morgan fingerprint density at radius 3 is 1.35 bits per heavy atom. The van der Waals surface area contributed by atoms with Crippen molar-refractivity contribution in [3.63, 3.8) is 0 Å². The third-order valence-corrected chi connectivity index (χ3v) is 12.2. The van der Waals surface area contributed by atoms with E-state index in [2.05, 4.69) is 40.6 Å². The van der Waals surface area contributed by atoms with Gasteiger partial charge in [-0.1, -0.05) is 62.4 Å². The van der Waals surface area contributed by atoms with Crippen LogP contribution in [-0.4, -0.2) is 114 Å². The Kier molecular flexibility index (Phi) is 16.2. The number of ether oxygens (including phenoxy) is 8. The number of nitrogens with zero attached hydrogens (tertiary/aromatic N) is 10. The largest absolute Gasteiger partial charge is 0.493 e. The van der Waals surface area contributed by atoms with E-state index in [1.54, 1.807) is 23.6 Å². The number of hydrogen-bond acceptors (Lipinski definition) is 18. The minimum Gasteiger partial charge on any atom is -0.493 e. The van der Waals surface area contributed by atoms with Crippen LogP contribution in [0.4, 0.5) is 0 Å². The fourth-order valence-corrected chi connectivity index (χ4v) is 8.13. The first kappa shape index (κ1) is 50.8. The fraction of sp³-hybridized carbons (Fsp3) is 0.370. The summed E-state index contributed by atoms with van der Waals surface area (Å²) < 4.78 is 49.4. The smallest absolute Gasteiger partial charge is 0.230 e. The van der Waals surface area contributed by atoms with E-state index in [1.165, 1.54) is 12.7 Å². The summed E-state index contributed by atoms with van der Waals surface area (Å²) in [7, 11) is 3.19. The first-order valence-electron chi connectivity index (χ1n) is 24.5. The lowest BCUT2D eigenvalue weighted by atomic mass is 10.1. The maximum Gasteiger partial charge on any atom is 0.230 e. The van der Waals surface area contributed by atoms with Crippen molar-refractivity contribution >= 4 is 33.4 Å². The zero-order chi connectivity index (χ0) is 51.6. The van der Waals surface area contributed by atoms with Crippen molar-refractivity contribution in [2.45, 2.75) is 90.5 Å². The van der Waals surface area contributed by atoms with Gasteiger partial charge in [-0.15, -0.1) is 10.2 Å². The van der Waals surface area contributed by atoms with E-state index in [0.29, 0.717) is 107 Å². The van der Waals surface area contributed by atoms with E-state index >= 15 is 0 Å². The van der Waals surface area contributed by atoms with Crippen molar-refractivity contribution in [3.8, 4) is 46.3 Å². The summed E-state index contributed by atoms with van der Waals surface area (Å²) in [6.07, 6.45) is 8.77. The van der Waals surface area contributed by atoms with Crippen molar-refractivity contribution in [1.29, 1.82) is 0 Å². The Morgan fingerprint density at radius 2 is 1.00 bits per heavy atom. The van der Waals surface area contributed by atoms with Gasteiger partial charge in [0.05, 0.1) is 73.8 Å². The predicted octanol–water partition coefficient (Wildman–Crippen LogP) is 8.25. The van der Waals surface area contributed by atoms with Gasteiger partial charge in [-0.25, -0.2) is 29.3 Å². The monoisotopic (exact) mass is 1010 g/mol. The molecule has 4 aromatic carbocycles. The first-order valence-corrected chi connectivity index (χ1v) is 24.5. The molecule has 0 radical (unpaired) electrons. The van der Waals surface area contributed by atoms with Crippen LogP contribution in [0.1, 0.15) is 74.9 Å². The van der Waals surface area contributed by atoms with Crippen LogP contribution in [0.2, 0.25) is 0 Å². The normalized spacial score (nSPS) is 15.3. The van der Waals surface area contributed by atoms with Gasteiger partial charge in [-0.3, -0.25) is 9.59 Å². The second-order valence-electron chi connectivity index (χ2n) is 18.5. The third kappa shape index (κ3) is 12.9. The summed E-state index contributed by atoms with van der Waals surface area (Å²) in [4.78, 5) is 42.4. The number of hydrogen-bond donors (Lipinski definition) is 0. The summed E-state index contributed by atoms with van der Waals surface area (Å²) in [6, 6.07) is 22.0. The van der Waals surface area contributed by atoms with E-state index in [0.717, 1.165) is 35.4 Å². The molecule has 6 heterocycles. The summed E-state index contributed by atoms with van der Waals surface area (Å²) in [5.41, 5.74) is 4.86. The number of carbonyl (C=O) groups excluding carboxylic acids is 2. The summed E-state index contributed by atoms with van der Waals surface area (Å²) in [5.74, 6) is 4.97. The Morgan fingerprint density at radius 1 is 0.581 bits per heavy atom. The standard InChI is InChI=1S/2C27H29N5O5/c2*1-17(2)24-14-32(31-30-24)13-19(33)10-18-4-6-20(7-5-18)37-27-22-11-25(34-3)26(12-23(22)28-16-29-27)36-21-8-9-35-15-21/h2*4-7,11-12,14,16-17,21H,8-10,13,15H2,1-3H3/t2*21-/m10/s1. The zero-order valence-electron chi connectivity index (χ0n) is 42.2. The summed E-state index contributed by atoms with van der Waals surface area (Å²) >= 11 is 0. The van der Waals surface area contributed by atoms with E-state index in [4.69, 9.17) is 37.9 Å². The first-order chi connectivity index (χ1) is 36.0. The van der Waals surface area contributed by atoms with Gasteiger partial charge in [-0.2, -0.15) is 0 Å². The minimum absolute atomic E-state index is 0.0111. The van der Waals surface area contributed by atoms with Crippen LogP contribution in [-0.2, 0) is 45.0 Å². The van der Waals surface area contributed by atoms with Gasteiger partial charge in [0, 0.05) is 50.2 Å². The van der Waals surface area contributed by atoms with Crippen LogP contribution in [0.25, 0.3) is 21.8 Å². The quantitative estimate of drug-likeness (QED) is 0.0701. The van der Waals surface area contributed by atoms with Crippen LogP contribution in [0, 0.1) is 0 Å². The number of fused-ring (bicyclic) bond motifs is 2. The molecule has 2 aliphatic heterocycles. The molecule has 0 spiro atoms. The Hall–Kier alpha value is -8.10. The Labute approximate surface area is 427 Å². The molecule has 10 rings (SSSR count). The lowest BCUT2D eigenvalue weighted by Crippen LogP contribution is -2.16. The van der Waals surface area contributed by atoms with Crippen molar-refractivity contribution in [2.75, 3.05) is 40.6 Å². The van der Waals surface area contributed by atoms with Gasteiger partial charge >= 0.3 is 0 Å². The molecule has 0 aliphatic carbocycles. The predicted molar refractivity (Wildman–Crippen MR) is 271 cm³/mol. The molecule has 2 atom stereocenters. The molecular formula is C54H58N10O10. The van der Waals surface area contributed by atoms with Crippen LogP contribution < -0.4 is 28.4 Å². The summed E-state index contributed by atoms with van der Waals surface area (Å²) in [5, 5.41) is 17.7. The highest BCUT2D eigenvalue weighted by Crippen LogP contribution is 2.39. The van der Waals surface area contributed by atoms with E-state index in [-0.39, 0.29) is 48.7 Å². The molecule has 2 fully saturated rings. The highest BCUT2D eigenvalue weighted by molar-refractivity contribution is 5.88. The number of benzene rings is 4. The molecule has 4 aromatic heterocycles. The highest BCUT2D eigenvalue weighted by atomic mass is 16.6. The van der Waals surface area contributed by atoms with Gasteiger partial charge in [0.25, 0.3) is 0 Å². The second-order valence-corrected chi connectivity index (χ2v) is 18.5. The van der Waals surface area contributed by atoms with E-state index < -0.39 is 0 Å². The molecule has 0 N–H and O–H groups in total. The number of aromatic nitrogens is 10. The molecule has 20 heteroatoms. The Bertz CT molecular complexity index is 2970. The SMILES string of the molecule is COc1cc2c(Oc3ccc(CC(=O)Cn4cc(C(C)C)nn4)cc3)ncnc2cc1O[C@@H]1CCOC1.COc1cc2c(Oc3ccc(CC(=O)Cn4cc(C(C)C)nn4)cc3)ncnc2cc1O[C@H]1CCOC1. The highest BCUT2D eigenvalue weighted by Gasteiger charge is 2.23. The molecule has 8 aromatic rings. The van der Waals surface area contributed by atoms with Crippen LogP contribution >= 0.6 is 0 Å². The zero-order valence-corrected chi connectivity index (χ0v) is 42.2. The van der Waals surface area contributed by atoms with Gasteiger partial charge < -0.3 is 37.9 Å². The molecule has 0 saturated carbocycles. The maximum atomic E-state index is 12.5. The molecule has 0 unspecified atom stereocenters. The Balaban J connectivity index is 0.000000182. The van der Waals surface area contributed by atoms with Gasteiger partial charge in [-0.05, 0) is 59.4 Å². The van der Waals surface area contributed by atoms with Gasteiger partial charge in [0.2, 0.25) is 11.8 Å². The van der Waals surface area contributed by atoms with E-state index in [9.17, 15) is 9.59 Å². The van der Waals surface area contributed by atoms with Crippen LogP contribution in [0.5, 0.6) is 46.3 Å². The van der Waals surface area contributed by atoms with Crippen molar-refractivity contribution < 1.29 is 47.5 Å². The van der Waals surface area contributed by atoms with Gasteiger partial charge in [0.1, 0.15) is 49.5 Å². The lowest BCUT2D eigenvalue weighted by Gasteiger charge is -2.16. The average Bonchev–Trinajstić information content (AvgIpc) is 4.26. The number of rotatable bonds is 20. The maximum absolute atomic E-state index is 12.5. The van der Waals surface area contributed by atoms with Crippen molar-refractivity contribution in [1.82, 2.24) is 49.9 Å².